The first-order chi connectivity index (χ1) is 10.1. The number of para-hydroxylation sites is 1. The molecule has 0 fully saturated rings. The van der Waals surface area contributed by atoms with Crippen LogP contribution in [0.2, 0.25) is 0 Å². The normalized spacial score (nSPS) is 18.7. The van der Waals surface area contributed by atoms with E-state index in [1.807, 2.05) is 6.07 Å². The van der Waals surface area contributed by atoms with Gasteiger partial charge in [-0.15, -0.1) is 0 Å². The van der Waals surface area contributed by atoms with Crippen LogP contribution < -0.4 is 10.1 Å². The molecule has 0 saturated heterocycles. The van der Waals surface area contributed by atoms with Crippen LogP contribution in [0.1, 0.15) is 47.7 Å². The lowest BCUT2D eigenvalue weighted by Gasteiger charge is -2.29. The molecule has 110 valence electrons. The van der Waals surface area contributed by atoms with E-state index >= 15 is 0 Å². The average molecular weight is 281 g/mol. The number of fused-ring (bicyclic) bond motifs is 1. The van der Waals surface area contributed by atoms with Gasteiger partial charge in [-0.2, -0.15) is 0 Å². The summed E-state index contributed by atoms with van der Waals surface area (Å²) in [5.41, 5.74) is 5.33. The molecule has 0 aromatic heterocycles. The Bertz CT molecular complexity index is 635. The summed E-state index contributed by atoms with van der Waals surface area (Å²) in [5.74, 6) is 1.02. The Kier molecular flexibility index (Phi) is 3.98. The van der Waals surface area contributed by atoms with Crippen LogP contribution in [-0.4, -0.2) is 6.61 Å². The largest absolute Gasteiger partial charge is 0.493 e. The van der Waals surface area contributed by atoms with Crippen LogP contribution >= 0.6 is 0 Å². The minimum absolute atomic E-state index is 0.334. The molecule has 0 spiro atoms. The van der Waals surface area contributed by atoms with E-state index in [1.165, 1.54) is 22.3 Å². The Balaban J connectivity index is 1.79. The van der Waals surface area contributed by atoms with Crippen molar-refractivity contribution in [1.29, 1.82) is 0 Å². The lowest BCUT2D eigenvalue weighted by Crippen LogP contribution is -2.29. The molecule has 2 heteroatoms. The number of rotatable bonds is 3. The van der Waals surface area contributed by atoms with Crippen LogP contribution in [-0.2, 0) is 0 Å². The zero-order valence-corrected chi connectivity index (χ0v) is 13.0. The Hall–Kier alpha value is -1.80. The van der Waals surface area contributed by atoms with Crippen LogP contribution in [0, 0.1) is 13.8 Å². The van der Waals surface area contributed by atoms with Crippen molar-refractivity contribution in [3.05, 3.63) is 64.7 Å². The highest BCUT2D eigenvalue weighted by atomic mass is 16.5. The van der Waals surface area contributed by atoms with Crippen LogP contribution in [0.5, 0.6) is 5.75 Å². The standard InChI is InChI=1S/C19H23NO/c1-13-8-9-16(12-14(13)2)15(3)20-18-10-11-21-19-7-5-4-6-17(18)19/h4-9,12,15,18,20H,10-11H2,1-3H3. The molecule has 2 unspecified atom stereocenters. The Morgan fingerprint density at radius 1 is 1.10 bits per heavy atom. The van der Waals surface area contributed by atoms with Gasteiger partial charge in [0.15, 0.2) is 0 Å². The maximum absolute atomic E-state index is 5.74. The summed E-state index contributed by atoms with van der Waals surface area (Å²) < 4.78 is 5.74. The minimum Gasteiger partial charge on any atom is -0.493 e. The summed E-state index contributed by atoms with van der Waals surface area (Å²) in [6.07, 6.45) is 1.02. The van der Waals surface area contributed by atoms with Crippen molar-refractivity contribution in [2.45, 2.75) is 39.3 Å². The Morgan fingerprint density at radius 3 is 2.71 bits per heavy atom. The number of nitrogens with one attached hydrogen (secondary N) is 1. The summed E-state index contributed by atoms with van der Waals surface area (Å²) in [6, 6.07) is 15.8. The van der Waals surface area contributed by atoms with E-state index in [9.17, 15) is 0 Å². The van der Waals surface area contributed by atoms with Crippen molar-refractivity contribution in [2.24, 2.45) is 0 Å². The smallest absolute Gasteiger partial charge is 0.124 e. The fourth-order valence-corrected chi connectivity index (χ4v) is 2.95. The van der Waals surface area contributed by atoms with Gasteiger partial charge in [0.2, 0.25) is 0 Å². The van der Waals surface area contributed by atoms with Gasteiger partial charge < -0.3 is 10.1 Å². The van der Waals surface area contributed by atoms with Gasteiger partial charge in [0.25, 0.3) is 0 Å². The molecule has 1 aliphatic heterocycles. The number of benzene rings is 2. The third-order valence-corrected chi connectivity index (χ3v) is 4.44. The van der Waals surface area contributed by atoms with Gasteiger partial charge in [0, 0.05) is 24.1 Å². The lowest BCUT2D eigenvalue weighted by atomic mass is 9.97. The number of hydrogen-bond acceptors (Lipinski definition) is 2. The maximum Gasteiger partial charge on any atom is 0.124 e. The molecule has 1 heterocycles. The third kappa shape index (κ3) is 2.96. The molecule has 0 saturated carbocycles. The second kappa shape index (κ2) is 5.90. The number of ether oxygens (including phenoxy) is 1. The molecule has 0 amide bonds. The highest BCUT2D eigenvalue weighted by molar-refractivity contribution is 5.38. The molecular weight excluding hydrogens is 258 g/mol. The quantitative estimate of drug-likeness (QED) is 0.895. The van der Waals surface area contributed by atoms with Crippen molar-refractivity contribution >= 4 is 0 Å². The molecule has 21 heavy (non-hydrogen) atoms. The molecular formula is C19H23NO. The van der Waals surface area contributed by atoms with E-state index in [2.05, 4.69) is 62.5 Å². The fourth-order valence-electron chi connectivity index (χ4n) is 2.95. The van der Waals surface area contributed by atoms with E-state index in [0.717, 1.165) is 18.8 Å². The topological polar surface area (TPSA) is 21.3 Å². The van der Waals surface area contributed by atoms with Gasteiger partial charge in [0.05, 0.1) is 6.61 Å². The summed E-state index contributed by atoms with van der Waals surface area (Å²) in [5, 5.41) is 3.76. The van der Waals surface area contributed by atoms with Gasteiger partial charge >= 0.3 is 0 Å². The van der Waals surface area contributed by atoms with Crippen LogP contribution in [0.25, 0.3) is 0 Å². The molecule has 1 N–H and O–H groups in total. The zero-order valence-electron chi connectivity index (χ0n) is 13.0. The number of aryl methyl sites for hydroxylation is 2. The van der Waals surface area contributed by atoms with Crippen molar-refractivity contribution in [3.63, 3.8) is 0 Å². The van der Waals surface area contributed by atoms with E-state index in [4.69, 9.17) is 4.74 Å². The predicted molar refractivity (Wildman–Crippen MR) is 86.8 cm³/mol. The summed E-state index contributed by atoms with van der Waals surface area (Å²) in [6.45, 7) is 7.36. The average Bonchev–Trinajstić information content (AvgIpc) is 2.50. The molecule has 3 rings (SSSR count). The van der Waals surface area contributed by atoms with Crippen molar-refractivity contribution in [3.8, 4) is 5.75 Å². The van der Waals surface area contributed by atoms with E-state index in [1.54, 1.807) is 0 Å². The second-order valence-electron chi connectivity index (χ2n) is 5.96. The SMILES string of the molecule is Cc1ccc(C(C)NC2CCOc3ccccc32)cc1C. The lowest BCUT2D eigenvalue weighted by molar-refractivity contribution is 0.246. The number of hydrogen-bond donors (Lipinski definition) is 1. The predicted octanol–water partition coefficient (Wildman–Crippen LogP) is 4.48. The molecule has 0 aliphatic carbocycles. The minimum atomic E-state index is 0.334. The molecule has 0 bridgehead atoms. The van der Waals surface area contributed by atoms with E-state index in [0.29, 0.717) is 12.1 Å². The van der Waals surface area contributed by atoms with Crippen LogP contribution in [0.4, 0.5) is 0 Å². The van der Waals surface area contributed by atoms with E-state index < -0.39 is 0 Å². The van der Waals surface area contributed by atoms with Gasteiger partial charge in [-0.25, -0.2) is 0 Å². The fraction of sp³-hybridized carbons (Fsp3) is 0.368. The third-order valence-electron chi connectivity index (χ3n) is 4.44. The summed E-state index contributed by atoms with van der Waals surface area (Å²) in [4.78, 5) is 0. The van der Waals surface area contributed by atoms with Gasteiger partial charge in [-0.05, 0) is 43.5 Å². The van der Waals surface area contributed by atoms with Crippen LogP contribution in [0.3, 0.4) is 0 Å². The highest BCUT2D eigenvalue weighted by Crippen LogP contribution is 2.33. The monoisotopic (exact) mass is 281 g/mol. The molecule has 2 aromatic carbocycles. The van der Waals surface area contributed by atoms with Crippen LogP contribution in [0.15, 0.2) is 42.5 Å². The molecule has 2 atom stereocenters. The van der Waals surface area contributed by atoms with Crippen molar-refractivity contribution in [1.82, 2.24) is 5.32 Å². The maximum atomic E-state index is 5.74. The Morgan fingerprint density at radius 2 is 1.90 bits per heavy atom. The first kappa shape index (κ1) is 14.2. The second-order valence-corrected chi connectivity index (χ2v) is 5.96. The molecule has 0 radical (unpaired) electrons. The van der Waals surface area contributed by atoms with Gasteiger partial charge in [-0.3, -0.25) is 0 Å². The van der Waals surface area contributed by atoms with Crippen molar-refractivity contribution in [2.75, 3.05) is 6.61 Å². The van der Waals surface area contributed by atoms with E-state index in [-0.39, 0.29) is 0 Å². The van der Waals surface area contributed by atoms with Gasteiger partial charge in [-0.1, -0.05) is 36.4 Å². The highest BCUT2D eigenvalue weighted by Gasteiger charge is 2.22. The summed E-state index contributed by atoms with van der Waals surface area (Å²) in [7, 11) is 0. The molecule has 2 aromatic rings. The molecule has 2 nitrogen and oxygen atoms in total. The summed E-state index contributed by atoms with van der Waals surface area (Å²) >= 11 is 0. The first-order valence-corrected chi connectivity index (χ1v) is 7.70. The molecule has 1 aliphatic rings. The zero-order chi connectivity index (χ0) is 14.8. The van der Waals surface area contributed by atoms with Gasteiger partial charge in [0.1, 0.15) is 5.75 Å². The first-order valence-electron chi connectivity index (χ1n) is 7.70. The Labute approximate surface area is 127 Å². The van der Waals surface area contributed by atoms with Crippen molar-refractivity contribution < 1.29 is 4.74 Å².